The van der Waals surface area contributed by atoms with E-state index in [-0.39, 0.29) is 12.3 Å². The molecule has 0 radical (unpaired) electrons. The third kappa shape index (κ3) is 2.68. The Labute approximate surface area is 106 Å². The highest BCUT2D eigenvalue weighted by molar-refractivity contribution is 9.10. The zero-order valence-electron chi connectivity index (χ0n) is 8.84. The Hall–Kier alpha value is -1.75. The molecule has 1 aromatic carbocycles. The van der Waals surface area contributed by atoms with Crippen LogP contribution in [0.4, 0.5) is 0 Å². The number of carbonyl (C=O) groups excluding carboxylic acids is 1. The summed E-state index contributed by atoms with van der Waals surface area (Å²) < 4.78 is 2.00. The van der Waals surface area contributed by atoms with Crippen molar-refractivity contribution in [3.05, 3.63) is 63.2 Å². The van der Waals surface area contributed by atoms with E-state index in [1.54, 1.807) is 30.5 Å². The van der Waals surface area contributed by atoms with Gasteiger partial charge in [0.05, 0.1) is 6.54 Å². The van der Waals surface area contributed by atoms with Gasteiger partial charge >= 0.3 is 5.69 Å². The van der Waals surface area contributed by atoms with Crippen molar-refractivity contribution < 1.29 is 4.79 Å². The van der Waals surface area contributed by atoms with Crippen molar-refractivity contribution in [2.45, 2.75) is 6.54 Å². The van der Waals surface area contributed by atoms with Gasteiger partial charge in [0.25, 0.3) is 0 Å². The van der Waals surface area contributed by atoms with Crippen LogP contribution in [0.25, 0.3) is 0 Å². The third-order valence-electron chi connectivity index (χ3n) is 2.27. The van der Waals surface area contributed by atoms with Crippen LogP contribution in [0.15, 0.2) is 52.0 Å². The summed E-state index contributed by atoms with van der Waals surface area (Å²) in [5.41, 5.74) is 0.135. The lowest BCUT2D eigenvalue weighted by Crippen LogP contribution is -2.25. The third-order valence-corrected chi connectivity index (χ3v) is 2.96. The summed E-state index contributed by atoms with van der Waals surface area (Å²) in [7, 11) is 0. The summed E-state index contributed by atoms with van der Waals surface area (Å²) >= 11 is 3.30. The average Bonchev–Trinajstić information content (AvgIpc) is 2.32. The molecule has 0 aliphatic heterocycles. The van der Waals surface area contributed by atoms with Crippen LogP contribution in [-0.2, 0) is 6.54 Å². The Morgan fingerprint density at radius 2 is 2.06 bits per heavy atom. The van der Waals surface area contributed by atoms with Gasteiger partial charge in [-0.25, -0.2) is 9.78 Å². The minimum absolute atomic E-state index is 0.00468. The van der Waals surface area contributed by atoms with E-state index < -0.39 is 5.69 Å². The number of Topliss-reactive ketones (excluding diaryl/α,β-unsaturated/α-hetero) is 1. The maximum atomic E-state index is 12.0. The molecule has 5 heteroatoms. The second kappa shape index (κ2) is 5.05. The maximum absolute atomic E-state index is 12.0. The number of nitrogens with zero attached hydrogens (tertiary/aromatic N) is 2. The molecule has 2 aromatic rings. The highest BCUT2D eigenvalue weighted by Gasteiger charge is 2.10. The van der Waals surface area contributed by atoms with Crippen LogP contribution in [-0.4, -0.2) is 15.3 Å². The van der Waals surface area contributed by atoms with Crippen LogP contribution in [0, 0.1) is 0 Å². The first kappa shape index (κ1) is 11.7. The van der Waals surface area contributed by atoms with Crippen molar-refractivity contribution in [2.24, 2.45) is 0 Å². The quantitative estimate of drug-likeness (QED) is 0.812. The number of hydrogen-bond acceptors (Lipinski definition) is 3. The van der Waals surface area contributed by atoms with Crippen molar-refractivity contribution >= 4 is 21.7 Å². The van der Waals surface area contributed by atoms with Crippen molar-refractivity contribution in [1.29, 1.82) is 0 Å². The van der Waals surface area contributed by atoms with E-state index in [0.717, 1.165) is 4.47 Å². The van der Waals surface area contributed by atoms with Crippen molar-refractivity contribution in [3.8, 4) is 0 Å². The highest BCUT2D eigenvalue weighted by atomic mass is 79.9. The van der Waals surface area contributed by atoms with Crippen LogP contribution in [0.3, 0.4) is 0 Å². The number of hydrogen-bond donors (Lipinski definition) is 0. The Morgan fingerprint density at radius 3 is 2.76 bits per heavy atom. The van der Waals surface area contributed by atoms with Gasteiger partial charge in [-0.05, 0) is 12.1 Å². The lowest BCUT2D eigenvalue weighted by Gasteiger charge is -2.05. The summed E-state index contributed by atoms with van der Waals surface area (Å²) in [4.78, 5) is 26.9. The van der Waals surface area contributed by atoms with Gasteiger partial charge < -0.3 is 0 Å². The molecule has 4 nitrogen and oxygen atoms in total. The zero-order chi connectivity index (χ0) is 12.3. The predicted octanol–water partition coefficient (Wildman–Crippen LogP) is 1.89. The number of carbonyl (C=O) groups is 1. The molecular weight excluding hydrogens is 284 g/mol. The van der Waals surface area contributed by atoms with Gasteiger partial charge in [0, 0.05) is 22.4 Å². The summed E-state index contributed by atoms with van der Waals surface area (Å²) in [5, 5.41) is 0. The van der Waals surface area contributed by atoms with Gasteiger partial charge in [-0.2, -0.15) is 0 Å². The van der Waals surface area contributed by atoms with E-state index >= 15 is 0 Å². The van der Waals surface area contributed by atoms with Crippen molar-refractivity contribution in [2.75, 3.05) is 0 Å². The normalized spacial score (nSPS) is 10.2. The molecular formula is C12H9BrN2O2. The molecule has 0 amide bonds. The molecule has 0 N–H and O–H groups in total. The Morgan fingerprint density at radius 1 is 1.29 bits per heavy atom. The maximum Gasteiger partial charge on any atom is 0.347 e. The van der Waals surface area contributed by atoms with Crippen LogP contribution in [0.5, 0.6) is 0 Å². The SMILES string of the molecule is O=C(Cn1cccnc1=O)c1ccccc1Br. The minimum Gasteiger partial charge on any atom is -0.292 e. The average molecular weight is 293 g/mol. The lowest BCUT2D eigenvalue weighted by molar-refractivity contribution is 0.0969. The monoisotopic (exact) mass is 292 g/mol. The summed E-state index contributed by atoms with van der Waals surface area (Å²) in [5.74, 6) is -0.132. The first-order valence-corrected chi connectivity index (χ1v) is 5.77. The van der Waals surface area contributed by atoms with Gasteiger partial charge in [0.1, 0.15) is 0 Å². The van der Waals surface area contributed by atoms with Crippen LogP contribution < -0.4 is 5.69 Å². The number of benzene rings is 1. The van der Waals surface area contributed by atoms with E-state index in [1.807, 2.05) is 6.07 Å². The fraction of sp³-hybridized carbons (Fsp3) is 0.0833. The summed E-state index contributed by atoms with van der Waals surface area (Å²) in [6, 6.07) is 8.74. The fourth-order valence-electron chi connectivity index (χ4n) is 1.43. The molecule has 86 valence electrons. The smallest absolute Gasteiger partial charge is 0.292 e. The molecule has 1 aromatic heterocycles. The Bertz CT molecular complexity index is 607. The van der Waals surface area contributed by atoms with E-state index in [2.05, 4.69) is 20.9 Å². The number of ketones is 1. The molecule has 0 bridgehead atoms. The van der Waals surface area contributed by atoms with Gasteiger partial charge in [0.2, 0.25) is 0 Å². The first-order valence-electron chi connectivity index (χ1n) is 4.97. The van der Waals surface area contributed by atoms with Crippen LogP contribution in [0.1, 0.15) is 10.4 Å². The van der Waals surface area contributed by atoms with Gasteiger partial charge in [-0.15, -0.1) is 0 Å². The summed E-state index contributed by atoms with van der Waals surface area (Å²) in [6.07, 6.45) is 2.95. The molecule has 1 heterocycles. The second-order valence-corrected chi connectivity index (χ2v) is 4.29. The number of rotatable bonds is 3. The fourth-order valence-corrected chi connectivity index (χ4v) is 1.94. The largest absolute Gasteiger partial charge is 0.347 e. The van der Waals surface area contributed by atoms with Crippen LogP contribution in [0.2, 0.25) is 0 Å². The highest BCUT2D eigenvalue weighted by Crippen LogP contribution is 2.16. The molecule has 0 atom stereocenters. The molecule has 0 aliphatic carbocycles. The van der Waals surface area contributed by atoms with E-state index in [4.69, 9.17) is 0 Å². The lowest BCUT2D eigenvalue weighted by atomic mass is 10.1. The first-order chi connectivity index (χ1) is 8.18. The summed E-state index contributed by atoms with van der Waals surface area (Å²) in [6.45, 7) is -0.00468. The molecule has 0 saturated heterocycles. The molecule has 0 spiro atoms. The number of aromatic nitrogens is 2. The standard InChI is InChI=1S/C12H9BrN2O2/c13-10-5-2-1-4-9(10)11(16)8-15-7-3-6-14-12(15)17/h1-7H,8H2. The van der Waals surface area contributed by atoms with E-state index in [1.165, 1.54) is 10.8 Å². The van der Waals surface area contributed by atoms with E-state index in [9.17, 15) is 9.59 Å². The molecule has 17 heavy (non-hydrogen) atoms. The zero-order valence-corrected chi connectivity index (χ0v) is 10.4. The molecule has 0 aliphatic rings. The predicted molar refractivity (Wildman–Crippen MR) is 67.0 cm³/mol. The van der Waals surface area contributed by atoms with Gasteiger partial charge in [0.15, 0.2) is 5.78 Å². The topological polar surface area (TPSA) is 52.0 Å². The Kier molecular flexibility index (Phi) is 3.49. The second-order valence-electron chi connectivity index (χ2n) is 3.43. The number of halogens is 1. The molecule has 0 fully saturated rings. The molecule has 0 saturated carbocycles. The van der Waals surface area contributed by atoms with Crippen LogP contribution >= 0.6 is 15.9 Å². The van der Waals surface area contributed by atoms with Gasteiger partial charge in [-0.3, -0.25) is 9.36 Å². The Balaban J connectivity index is 2.27. The van der Waals surface area contributed by atoms with Crippen molar-refractivity contribution in [1.82, 2.24) is 9.55 Å². The van der Waals surface area contributed by atoms with Crippen molar-refractivity contribution in [3.63, 3.8) is 0 Å². The van der Waals surface area contributed by atoms with Gasteiger partial charge in [-0.1, -0.05) is 34.1 Å². The minimum atomic E-state index is -0.423. The molecule has 2 rings (SSSR count). The van der Waals surface area contributed by atoms with E-state index in [0.29, 0.717) is 5.56 Å². The molecule has 0 unspecified atom stereocenters.